The lowest BCUT2D eigenvalue weighted by Gasteiger charge is -2.14. The van der Waals surface area contributed by atoms with Crippen LogP contribution >= 0.6 is 90.4 Å². The Morgan fingerprint density at radius 3 is 1.91 bits per heavy atom. The molecule has 2 aromatic rings. The smallest absolute Gasteiger partial charge is 0.260 e. The zero-order chi connectivity index (χ0) is 16.0. The highest BCUT2D eigenvalue weighted by Gasteiger charge is 2.41. The van der Waals surface area contributed by atoms with Crippen molar-refractivity contribution in [2.75, 3.05) is 0 Å². The van der Waals surface area contributed by atoms with E-state index >= 15 is 0 Å². The summed E-state index contributed by atoms with van der Waals surface area (Å²) in [7, 11) is 0. The molecule has 2 aromatic carbocycles. The van der Waals surface area contributed by atoms with Gasteiger partial charge in [-0.25, -0.2) is 4.79 Å². The highest BCUT2D eigenvalue weighted by atomic mass is 127. The molecule has 0 saturated carbocycles. The van der Waals surface area contributed by atoms with Gasteiger partial charge in [-0.1, -0.05) is 18.2 Å². The van der Waals surface area contributed by atoms with Gasteiger partial charge in [-0.3, -0.25) is 4.79 Å². The molecule has 0 aromatic heterocycles. The number of hydrogen-bond acceptors (Lipinski definition) is 2. The van der Waals surface area contributed by atoms with E-state index in [0.29, 0.717) is 16.8 Å². The average molecular weight is 741 g/mol. The first kappa shape index (κ1) is 17.1. The van der Waals surface area contributed by atoms with Gasteiger partial charge in [0.05, 0.1) is 10.7 Å². The minimum absolute atomic E-state index is 0.266. The molecule has 110 valence electrons. The summed E-state index contributed by atoms with van der Waals surface area (Å²) < 4.78 is 4.73. The van der Waals surface area contributed by atoms with E-state index in [4.69, 9.17) is 0 Å². The van der Waals surface area contributed by atoms with Crippen LogP contribution in [0.5, 0.6) is 0 Å². The van der Waals surface area contributed by atoms with Crippen LogP contribution in [0.2, 0.25) is 0 Å². The summed E-state index contributed by atoms with van der Waals surface area (Å²) in [5.41, 5.74) is 1.44. The zero-order valence-electron chi connectivity index (χ0n) is 10.6. The van der Waals surface area contributed by atoms with Crippen LogP contribution < -0.4 is 0 Å². The Morgan fingerprint density at radius 1 is 0.773 bits per heavy atom. The summed E-state index contributed by atoms with van der Waals surface area (Å²) in [5.74, 6) is -0.646. The average Bonchev–Trinajstić information content (AvgIpc) is 2.53. The number of azo groups is 2. The molecular formula is C14H5I4N2O2+. The molecule has 0 saturated heterocycles. The number of nitrogens with zero attached hydrogens (tertiary/aromatic N) is 2. The van der Waals surface area contributed by atoms with Crippen molar-refractivity contribution in [2.24, 2.45) is 5.11 Å². The van der Waals surface area contributed by atoms with Gasteiger partial charge in [0.2, 0.25) is 5.69 Å². The molecule has 22 heavy (non-hydrogen) atoms. The van der Waals surface area contributed by atoms with E-state index in [0.717, 1.165) is 14.3 Å². The number of fused-ring (bicyclic) bond motifs is 1. The van der Waals surface area contributed by atoms with Crippen LogP contribution in [-0.4, -0.2) is 16.5 Å². The maximum atomic E-state index is 12.9. The van der Waals surface area contributed by atoms with Crippen molar-refractivity contribution in [3.05, 3.63) is 55.7 Å². The second-order valence-electron chi connectivity index (χ2n) is 4.36. The SMILES string of the molecule is O=C1N=[N+](c2ccccc2)C(=O)c2c(I)c(I)c(I)c(I)c21. The van der Waals surface area contributed by atoms with Crippen molar-refractivity contribution >= 4 is 108 Å². The van der Waals surface area contributed by atoms with E-state index in [2.05, 4.69) is 95.5 Å². The van der Waals surface area contributed by atoms with Crippen molar-refractivity contribution in [2.45, 2.75) is 0 Å². The van der Waals surface area contributed by atoms with Crippen molar-refractivity contribution in [1.29, 1.82) is 0 Å². The molecule has 1 heterocycles. The molecule has 0 atom stereocenters. The monoisotopic (exact) mass is 741 g/mol. The van der Waals surface area contributed by atoms with E-state index in [-0.39, 0.29) is 11.8 Å². The van der Waals surface area contributed by atoms with Crippen molar-refractivity contribution < 1.29 is 14.3 Å². The molecule has 2 amide bonds. The predicted octanol–water partition coefficient (Wildman–Crippen LogP) is 5.20. The second-order valence-corrected chi connectivity index (χ2v) is 8.68. The Kier molecular flexibility index (Phi) is 5.19. The lowest BCUT2D eigenvalue weighted by molar-refractivity contribution is -0.407. The number of halogens is 4. The minimum Gasteiger partial charge on any atom is -0.260 e. The molecule has 1 aliphatic heterocycles. The second kappa shape index (κ2) is 6.66. The Bertz CT molecular complexity index is 863. The Morgan fingerprint density at radius 2 is 1.32 bits per heavy atom. The number of para-hydroxylation sites is 1. The predicted molar refractivity (Wildman–Crippen MR) is 115 cm³/mol. The molecule has 0 spiro atoms. The first-order chi connectivity index (χ1) is 10.4. The number of amides is 2. The van der Waals surface area contributed by atoms with Gasteiger partial charge in [0, 0.05) is 26.4 Å². The molecule has 4 nitrogen and oxygen atoms in total. The minimum atomic E-state index is -0.380. The van der Waals surface area contributed by atoms with Gasteiger partial charge in [-0.05, 0) is 95.1 Å². The molecule has 1 aliphatic rings. The summed E-state index contributed by atoms with van der Waals surface area (Å²) in [5, 5.41) is 3.98. The fraction of sp³-hybridized carbons (Fsp3) is 0. The van der Waals surface area contributed by atoms with Crippen LogP contribution in [0.25, 0.3) is 0 Å². The first-order valence-electron chi connectivity index (χ1n) is 5.95. The molecule has 0 N–H and O–H groups in total. The van der Waals surface area contributed by atoms with Gasteiger partial charge in [-0.15, -0.1) is 0 Å². The normalized spacial score (nSPS) is 13.9. The van der Waals surface area contributed by atoms with Gasteiger partial charge in [0.15, 0.2) is 0 Å². The maximum Gasteiger partial charge on any atom is 0.452 e. The molecule has 3 rings (SSSR count). The van der Waals surface area contributed by atoms with E-state index in [1.165, 1.54) is 4.70 Å². The van der Waals surface area contributed by atoms with Gasteiger partial charge in [0.25, 0.3) is 0 Å². The largest absolute Gasteiger partial charge is 0.452 e. The van der Waals surface area contributed by atoms with Crippen molar-refractivity contribution in [3.63, 3.8) is 0 Å². The molecule has 8 heteroatoms. The molecule has 0 aliphatic carbocycles. The first-order valence-corrected chi connectivity index (χ1v) is 10.3. The topological polar surface area (TPSA) is 49.5 Å². The highest BCUT2D eigenvalue weighted by Crippen LogP contribution is 2.36. The fourth-order valence-corrected chi connectivity index (χ4v) is 5.72. The quantitative estimate of drug-likeness (QED) is 0.175. The number of carbonyl (C=O) groups excluding carboxylic acids is 2. The van der Waals surface area contributed by atoms with Crippen LogP contribution in [0.3, 0.4) is 0 Å². The van der Waals surface area contributed by atoms with Crippen molar-refractivity contribution in [3.8, 4) is 0 Å². The number of carbonyl (C=O) groups is 2. The third-order valence-electron chi connectivity index (χ3n) is 3.08. The summed E-state index contributed by atoms with van der Waals surface area (Å²) in [4.78, 5) is 25.3. The van der Waals surface area contributed by atoms with Crippen molar-refractivity contribution in [1.82, 2.24) is 0 Å². The standard InChI is InChI=1S/C14H5I4N2O2/c15-9-7-8(10(16)12(18)11(9)17)14(22)20(19-13(7)21)6-4-2-1-3-5-6/h1-5H/q+1. The third kappa shape index (κ3) is 2.76. The fourth-order valence-electron chi connectivity index (χ4n) is 2.07. The van der Waals surface area contributed by atoms with Gasteiger partial charge in [-0.2, -0.15) is 0 Å². The molecule has 0 unspecified atom stereocenters. The van der Waals surface area contributed by atoms with Crippen LogP contribution in [0.15, 0.2) is 35.4 Å². The van der Waals surface area contributed by atoms with Crippen LogP contribution in [0.1, 0.15) is 20.7 Å². The van der Waals surface area contributed by atoms with E-state index in [1.54, 1.807) is 12.1 Å². The number of hydrogen-bond donors (Lipinski definition) is 0. The third-order valence-corrected chi connectivity index (χ3v) is 10.5. The van der Waals surface area contributed by atoms with Gasteiger partial charge < -0.3 is 0 Å². The highest BCUT2D eigenvalue weighted by molar-refractivity contribution is 14.1. The van der Waals surface area contributed by atoms with Gasteiger partial charge in [0.1, 0.15) is 5.56 Å². The Balaban J connectivity index is 2.30. The summed E-state index contributed by atoms with van der Waals surface area (Å²) in [6.45, 7) is 0. The molecular weight excluding hydrogens is 736 g/mol. The van der Waals surface area contributed by atoms with E-state index in [9.17, 15) is 9.59 Å². The summed E-state index contributed by atoms with van der Waals surface area (Å²) in [6.07, 6.45) is 0. The molecule has 0 fully saturated rings. The van der Waals surface area contributed by atoms with E-state index < -0.39 is 0 Å². The van der Waals surface area contributed by atoms with Crippen LogP contribution in [-0.2, 0) is 0 Å². The lowest BCUT2D eigenvalue weighted by atomic mass is 10.0. The molecule has 0 bridgehead atoms. The maximum absolute atomic E-state index is 12.9. The Labute approximate surface area is 180 Å². The van der Waals surface area contributed by atoms with Crippen LogP contribution in [0, 0.1) is 14.3 Å². The summed E-state index contributed by atoms with van der Waals surface area (Å²) >= 11 is 8.64. The lowest BCUT2D eigenvalue weighted by Crippen LogP contribution is -2.27. The molecule has 0 radical (unpaired) electrons. The number of benzene rings is 2. The Hall–Kier alpha value is 0.300. The van der Waals surface area contributed by atoms with Crippen LogP contribution in [0.4, 0.5) is 5.69 Å². The number of rotatable bonds is 1. The van der Waals surface area contributed by atoms with Gasteiger partial charge >= 0.3 is 11.8 Å². The van der Waals surface area contributed by atoms with E-state index in [1.807, 2.05) is 18.2 Å². The zero-order valence-corrected chi connectivity index (χ0v) is 19.2. The summed E-state index contributed by atoms with van der Waals surface area (Å²) in [6, 6.07) is 8.99.